The molecular formula is C10H15N. The fraction of sp³-hybridized carbons (Fsp3) is 0.400. The van der Waals surface area contributed by atoms with Crippen LogP contribution in [0.1, 0.15) is 19.5 Å². The van der Waals surface area contributed by atoms with E-state index in [4.69, 9.17) is 0 Å². The Kier molecular flexibility index (Phi) is 2.53. The monoisotopic (exact) mass is 149 g/mol. The van der Waals surface area contributed by atoms with Gasteiger partial charge < -0.3 is 4.57 Å². The lowest BCUT2D eigenvalue weighted by Crippen LogP contribution is -1.87. The maximum absolute atomic E-state index is 2.20. The molecule has 0 aromatic carbocycles. The van der Waals surface area contributed by atoms with E-state index in [2.05, 4.69) is 55.9 Å². The van der Waals surface area contributed by atoms with Crippen molar-refractivity contribution < 1.29 is 0 Å². The fourth-order valence-corrected chi connectivity index (χ4v) is 0.939. The molecule has 0 fully saturated rings. The van der Waals surface area contributed by atoms with Gasteiger partial charge in [-0.2, -0.15) is 0 Å². The number of rotatable bonds is 2. The average molecular weight is 149 g/mol. The van der Waals surface area contributed by atoms with Crippen molar-refractivity contribution in [1.29, 1.82) is 0 Å². The maximum Gasteiger partial charge on any atom is 0.0400 e. The van der Waals surface area contributed by atoms with E-state index in [1.165, 1.54) is 5.69 Å². The van der Waals surface area contributed by atoms with Gasteiger partial charge in [0, 0.05) is 18.9 Å². The van der Waals surface area contributed by atoms with Crippen LogP contribution >= 0.6 is 0 Å². The van der Waals surface area contributed by atoms with E-state index in [0.29, 0.717) is 5.92 Å². The molecule has 0 radical (unpaired) electrons. The molecule has 0 aliphatic heterocycles. The average Bonchev–Trinajstić information content (AvgIpc) is 2.31. The Hall–Kier alpha value is -0.980. The van der Waals surface area contributed by atoms with Crippen molar-refractivity contribution in [2.24, 2.45) is 13.0 Å². The summed E-state index contributed by atoms with van der Waals surface area (Å²) in [5.41, 5.74) is 1.26. The molecular weight excluding hydrogens is 134 g/mol. The van der Waals surface area contributed by atoms with Gasteiger partial charge in [-0.1, -0.05) is 19.9 Å². The van der Waals surface area contributed by atoms with E-state index in [-0.39, 0.29) is 0 Å². The molecule has 1 heterocycles. The summed E-state index contributed by atoms with van der Waals surface area (Å²) in [4.78, 5) is 0. The van der Waals surface area contributed by atoms with E-state index < -0.39 is 0 Å². The standard InChI is InChI=1S/C10H15N/c1-9(2)6-7-10-5-4-8-11(10)3/h4-9H,1-3H3/b7-6+. The molecule has 1 aromatic rings. The number of allylic oxidation sites excluding steroid dienone is 1. The van der Waals surface area contributed by atoms with Crippen LogP contribution in [0.3, 0.4) is 0 Å². The second-order valence-corrected chi connectivity index (χ2v) is 3.15. The van der Waals surface area contributed by atoms with Crippen LogP contribution in [0, 0.1) is 5.92 Å². The fourth-order valence-electron chi connectivity index (χ4n) is 0.939. The van der Waals surface area contributed by atoms with Gasteiger partial charge in [0.05, 0.1) is 0 Å². The van der Waals surface area contributed by atoms with Crippen molar-refractivity contribution in [1.82, 2.24) is 4.57 Å². The lowest BCUT2D eigenvalue weighted by Gasteiger charge is -1.96. The summed E-state index contributed by atoms with van der Waals surface area (Å²) in [5.74, 6) is 0.630. The quantitative estimate of drug-likeness (QED) is 0.609. The Balaban J connectivity index is 2.71. The summed E-state index contributed by atoms with van der Waals surface area (Å²) in [6.45, 7) is 4.36. The van der Waals surface area contributed by atoms with Crippen molar-refractivity contribution in [2.45, 2.75) is 13.8 Å². The molecule has 0 unspecified atom stereocenters. The zero-order valence-corrected chi connectivity index (χ0v) is 7.41. The first-order valence-corrected chi connectivity index (χ1v) is 3.99. The summed E-state index contributed by atoms with van der Waals surface area (Å²) in [6, 6.07) is 4.17. The summed E-state index contributed by atoms with van der Waals surface area (Å²) in [6.07, 6.45) is 6.42. The summed E-state index contributed by atoms with van der Waals surface area (Å²) < 4.78 is 2.11. The van der Waals surface area contributed by atoms with Gasteiger partial charge in [0.2, 0.25) is 0 Å². The number of nitrogens with zero attached hydrogens (tertiary/aromatic N) is 1. The van der Waals surface area contributed by atoms with Gasteiger partial charge in [0.15, 0.2) is 0 Å². The van der Waals surface area contributed by atoms with E-state index in [1.54, 1.807) is 0 Å². The zero-order valence-electron chi connectivity index (χ0n) is 7.41. The van der Waals surface area contributed by atoms with Crippen LogP contribution in [0.25, 0.3) is 6.08 Å². The van der Waals surface area contributed by atoms with E-state index >= 15 is 0 Å². The van der Waals surface area contributed by atoms with Crippen LogP contribution < -0.4 is 0 Å². The number of aromatic nitrogens is 1. The van der Waals surface area contributed by atoms with E-state index in [9.17, 15) is 0 Å². The van der Waals surface area contributed by atoms with Gasteiger partial charge in [-0.25, -0.2) is 0 Å². The second kappa shape index (κ2) is 3.42. The highest BCUT2D eigenvalue weighted by Gasteiger charge is 1.90. The predicted octanol–water partition coefficient (Wildman–Crippen LogP) is 2.69. The topological polar surface area (TPSA) is 4.93 Å². The molecule has 60 valence electrons. The van der Waals surface area contributed by atoms with Crippen molar-refractivity contribution in [2.75, 3.05) is 0 Å². The first-order chi connectivity index (χ1) is 5.20. The highest BCUT2D eigenvalue weighted by molar-refractivity contribution is 5.45. The Labute approximate surface area is 68.4 Å². The maximum atomic E-state index is 2.20. The molecule has 1 aromatic heterocycles. The largest absolute Gasteiger partial charge is 0.351 e. The van der Waals surface area contributed by atoms with E-state index in [1.807, 2.05) is 0 Å². The second-order valence-electron chi connectivity index (χ2n) is 3.15. The lowest BCUT2D eigenvalue weighted by atomic mass is 10.2. The molecule has 0 saturated carbocycles. The van der Waals surface area contributed by atoms with Crippen LogP contribution in [0.5, 0.6) is 0 Å². The van der Waals surface area contributed by atoms with Crippen LogP contribution in [0.15, 0.2) is 24.4 Å². The SMILES string of the molecule is CC(C)/C=C/c1cccn1C. The molecule has 0 amide bonds. The molecule has 0 spiro atoms. The molecule has 1 rings (SSSR count). The molecule has 11 heavy (non-hydrogen) atoms. The predicted molar refractivity (Wildman–Crippen MR) is 49.3 cm³/mol. The smallest absolute Gasteiger partial charge is 0.0400 e. The van der Waals surface area contributed by atoms with Gasteiger partial charge in [0.1, 0.15) is 0 Å². The Morgan fingerprint density at radius 1 is 1.45 bits per heavy atom. The Bertz CT molecular complexity index is 243. The van der Waals surface area contributed by atoms with Crippen molar-refractivity contribution in [3.63, 3.8) is 0 Å². The van der Waals surface area contributed by atoms with Gasteiger partial charge in [-0.15, -0.1) is 0 Å². The summed E-state index contributed by atoms with van der Waals surface area (Å²) >= 11 is 0. The molecule has 0 atom stereocenters. The minimum Gasteiger partial charge on any atom is -0.351 e. The van der Waals surface area contributed by atoms with Gasteiger partial charge in [-0.05, 0) is 24.1 Å². The van der Waals surface area contributed by atoms with Crippen LogP contribution in [-0.2, 0) is 7.05 Å². The third kappa shape index (κ3) is 2.26. The Morgan fingerprint density at radius 3 is 2.64 bits per heavy atom. The molecule has 0 N–H and O–H groups in total. The molecule has 1 nitrogen and oxygen atoms in total. The minimum atomic E-state index is 0.630. The first-order valence-electron chi connectivity index (χ1n) is 3.99. The molecule has 0 bridgehead atoms. The Morgan fingerprint density at radius 2 is 2.18 bits per heavy atom. The third-order valence-corrected chi connectivity index (χ3v) is 1.64. The first kappa shape index (κ1) is 8.12. The number of hydrogen-bond donors (Lipinski definition) is 0. The highest BCUT2D eigenvalue weighted by atomic mass is 14.9. The molecule has 0 aliphatic carbocycles. The molecule has 0 saturated heterocycles. The number of aryl methyl sites for hydroxylation is 1. The summed E-state index contributed by atoms with van der Waals surface area (Å²) in [5, 5.41) is 0. The van der Waals surface area contributed by atoms with Crippen LogP contribution in [-0.4, -0.2) is 4.57 Å². The minimum absolute atomic E-state index is 0.630. The van der Waals surface area contributed by atoms with E-state index in [0.717, 1.165) is 0 Å². The highest BCUT2D eigenvalue weighted by Crippen LogP contribution is 2.04. The van der Waals surface area contributed by atoms with Crippen molar-refractivity contribution in [3.8, 4) is 0 Å². The van der Waals surface area contributed by atoms with Crippen molar-refractivity contribution >= 4 is 6.08 Å². The van der Waals surface area contributed by atoms with Crippen molar-refractivity contribution in [3.05, 3.63) is 30.1 Å². The zero-order chi connectivity index (χ0) is 8.27. The molecule has 1 heteroatoms. The van der Waals surface area contributed by atoms with Gasteiger partial charge in [-0.3, -0.25) is 0 Å². The molecule has 0 aliphatic rings. The number of hydrogen-bond acceptors (Lipinski definition) is 0. The summed E-state index contributed by atoms with van der Waals surface area (Å²) in [7, 11) is 2.06. The normalized spacial score (nSPS) is 11.6. The lowest BCUT2D eigenvalue weighted by molar-refractivity contribution is 0.833. The van der Waals surface area contributed by atoms with Crippen LogP contribution in [0.4, 0.5) is 0 Å². The van der Waals surface area contributed by atoms with Gasteiger partial charge in [0.25, 0.3) is 0 Å². The third-order valence-electron chi connectivity index (χ3n) is 1.64. The van der Waals surface area contributed by atoms with Crippen LogP contribution in [0.2, 0.25) is 0 Å². The van der Waals surface area contributed by atoms with Gasteiger partial charge >= 0.3 is 0 Å².